The van der Waals surface area contributed by atoms with Gasteiger partial charge in [0, 0.05) is 13.0 Å². The lowest BCUT2D eigenvalue weighted by atomic mass is 10.0. The summed E-state index contributed by atoms with van der Waals surface area (Å²) >= 11 is 0. The first-order valence-corrected chi connectivity index (χ1v) is 9.44. The maximum atomic E-state index is 12.4. The van der Waals surface area contributed by atoms with Crippen LogP contribution < -0.4 is 0 Å². The number of allylic oxidation sites excluding steroid dienone is 3. The van der Waals surface area contributed by atoms with Gasteiger partial charge in [-0.15, -0.1) is 0 Å². The van der Waals surface area contributed by atoms with Gasteiger partial charge in [0.25, 0.3) is 11.8 Å². The molecule has 2 aromatic carbocycles. The van der Waals surface area contributed by atoms with Crippen molar-refractivity contribution in [2.75, 3.05) is 6.54 Å². The average Bonchev–Trinajstić information content (AvgIpc) is 2.95. The quantitative estimate of drug-likeness (QED) is 0.388. The van der Waals surface area contributed by atoms with Crippen LogP contribution in [0.4, 0.5) is 0 Å². The van der Waals surface area contributed by atoms with Crippen LogP contribution >= 0.6 is 0 Å². The Morgan fingerprint density at radius 1 is 0.929 bits per heavy atom. The van der Waals surface area contributed by atoms with Crippen LogP contribution in [0.5, 0.6) is 0 Å². The Labute approximate surface area is 165 Å². The Morgan fingerprint density at radius 3 is 2.18 bits per heavy atom. The van der Waals surface area contributed by atoms with Crippen molar-refractivity contribution < 1.29 is 14.4 Å². The van der Waals surface area contributed by atoms with Gasteiger partial charge in [-0.25, -0.2) is 0 Å². The van der Waals surface area contributed by atoms with Gasteiger partial charge in [-0.2, -0.15) is 0 Å². The first-order valence-electron chi connectivity index (χ1n) is 9.44. The third kappa shape index (κ3) is 4.71. The van der Waals surface area contributed by atoms with Crippen LogP contribution in [0.2, 0.25) is 0 Å². The maximum absolute atomic E-state index is 12.4. The summed E-state index contributed by atoms with van der Waals surface area (Å²) in [5.74, 6) is -0.373. The standard InChI is InChI=1S/C24H23NO3/c1-18(17-20(26)12-6-5-11-19-9-3-2-4-10-19)15-16-25-23(27)21-13-7-8-14-22(21)24(25)28/h2-14,18H,15-17H2,1H3/b11-5+,12-6+/t18-/m1/s1. The minimum atomic E-state index is -0.245. The molecule has 0 spiro atoms. The highest BCUT2D eigenvalue weighted by Gasteiger charge is 2.34. The SMILES string of the molecule is C[C@H](CCN1C(=O)c2ccccc2C1=O)CC(=O)/C=C/C=C/c1ccccc1. The summed E-state index contributed by atoms with van der Waals surface area (Å²) in [5.41, 5.74) is 2.00. The Kier molecular flexibility index (Phi) is 6.33. The molecule has 2 aromatic rings. The molecule has 0 fully saturated rings. The van der Waals surface area contributed by atoms with Crippen molar-refractivity contribution in [3.63, 3.8) is 0 Å². The lowest BCUT2D eigenvalue weighted by molar-refractivity contribution is -0.115. The number of nitrogens with zero attached hydrogens (tertiary/aromatic N) is 1. The van der Waals surface area contributed by atoms with Crippen molar-refractivity contribution in [1.82, 2.24) is 4.90 Å². The first-order chi connectivity index (χ1) is 13.6. The van der Waals surface area contributed by atoms with E-state index in [0.717, 1.165) is 5.56 Å². The molecule has 0 radical (unpaired) electrons. The van der Waals surface area contributed by atoms with Gasteiger partial charge in [0.05, 0.1) is 11.1 Å². The highest BCUT2D eigenvalue weighted by molar-refractivity contribution is 6.21. The van der Waals surface area contributed by atoms with Crippen LogP contribution in [-0.2, 0) is 4.79 Å². The second-order valence-electron chi connectivity index (χ2n) is 7.00. The van der Waals surface area contributed by atoms with E-state index >= 15 is 0 Å². The van der Waals surface area contributed by atoms with Gasteiger partial charge in [0.15, 0.2) is 5.78 Å². The predicted octanol–water partition coefficient (Wildman–Crippen LogP) is 4.54. The van der Waals surface area contributed by atoms with E-state index in [9.17, 15) is 14.4 Å². The van der Waals surface area contributed by atoms with Crippen molar-refractivity contribution in [1.29, 1.82) is 0 Å². The Balaban J connectivity index is 1.46. The van der Waals surface area contributed by atoms with Gasteiger partial charge in [-0.3, -0.25) is 19.3 Å². The molecule has 0 unspecified atom stereocenters. The van der Waals surface area contributed by atoms with Crippen molar-refractivity contribution in [2.24, 2.45) is 5.92 Å². The molecule has 28 heavy (non-hydrogen) atoms. The molecule has 0 aromatic heterocycles. The fourth-order valence-corrected chi connectivity index (χ4v) is 3.20. The second-order valence-corrected chi connectivity index (χ2v) is 7.00. The molecule has 1 aliphatic heterocycles. The molecule has 0 saturated carbocycles. The van der Waals surface area contributed by atoms with Crippen molar-refractivity contribution in [3.8, 4) is 0 Å². The summed E-state index contributed by atoms with van der Waals surface area (Å²) in [5, 5.41) is 0. The Bertz CT molecular complexity index is 893. The predicted molar refractivity (Wildman–Crippen MR) is 110 cm³/mol. The van der Waals surface area contributed by atoms with Crippen LogP contribution in [-0.4, -0.2) is 29.0 Å². The van der Waals surface area contributed by atoms with Gasteiger partial charge < -0.3 is 0 Å². The monoisotopic (exact) mass is 373 g/mol. The molecule has 4 heteroatoms. The number of ketones is 1. The maximum Gasteiger partial charge on any atom is 0.261 e. The number of hydrogen-bond donors (Lipinski definition) is 0. The molecule has 1 heterocycles. The fraction of sp³-hybridized carbons (Fsp3) is 0.208. The van der Waals surface area contributed by atoms with Crippen molar-refractivity contribution in [3.05, 3.63) is 89.5 Å². The summed E-state index contributed by atoms with van der Waals surface area (Å²) in [6.45, 7) is 2.29. The highest BCUT2D eigenvalue weighted by Crippen LogP contribution is 2.23. The third-order valence-electron chi connectivity index (χ3n) is 4.75. The zero-order valence-electron chi connectivity index (χ0n) is 15.9. The van der Waals surface area contributed by atoms with E-state index in [1.54, 1.807) is 36.4 Å². The molecule has 4 nitrogen and oxygen atoms in total. The van der Waals surface area contributed by atoms with E-state index < -0.39 is 0 Å². The lowest BCUT2D eigenvalue weighted by Crippen LogP contribution is -2.31. The van der Waals surface area contributed by atoms with Crippen LogP contribution in [0.15, 0.2) is 72.8 Å². The molecular formula is C24H23NO3. The van der Waals surface area contributed by atoms with E-state index in [1.165, 1.54) is 4.90 Å². The summed E-state index contributed by atoms with van der Waals surface area (Å²) in [7, 11) is 0. The van der Waals surface area contributed by atoms with Crippen LogP contribution in [0.25, 0.3) is 6.08 Å². The summed E-state index contributed by atoms with van der Waals surface area (Å²) in [6, 6.07) is 16.7. The van der Waals surface area contributed by atoms with Gasteiger partial charge in [-0.05, 0) is 36.1 Å². The third-order valence-corrected chi connectivity index (χ3v) is 4.75. The van der Waals surface area contributed by atoms with Gasteiger partial charge in [0.2, 0.25) is 0 Å². The molecule has 0 saturated heterocycles. The number of hydrogen-bond acceptors (Lipinski definition) is 3. The molecule has 2 amide bonds. The molecular weight excluding hydrogens is 350 g/mol. The molecule has 1 aliphatic rings. The normalized spacial score (nSPS) is 14.8. The number of amides is 2. The summed E-state index contributed by atoms with van der Waals surface area (Å²) < 4.78 is 0. The minimum Gasteiger partial charge on any atom is -0.295 e. The number of fused-ring (bicyclic) bond motifs is 1. The number of benzene rings is 2. The topological polar surface area (TPSA) is 54.5 Å². The number of imide groups is 1. The van der Waals surface area contributed by atoms with E-state index in [2.05, 4.69) is 0 Å². The van der Waals surface area contributed by atoms with E-state index in [-0.39, 0.29) is 23.5 Å². The van der Waals surface area contributed by atoms with Crippen LogP contribution in [0.3, 0.4) is 0 Å². The number of rotatable bonds is 8. The van der Waals surface area contributed by atoms with Crippen molar-refractivity contribution in [2.45, 2.75) is 19.8 Å². The molecule has 0 N–H and O–H groups in total. The minimum absolute atomic E-state index is 0.0348. The van der Waals surface area contributed by atoms with Crippen LogP contribution in [0.1, 0.15) is 46.0 Å². The molecule has 0 bridgehead atoms. The fourth-order valence-electron chi connectivity index (χ4n) is 3.20. The summed E-state index contributed by atoms with van der Waals surface area (Å²) in [4.78, 5) is 38.1. The smallest absolute Gasteiger partial charge is 0.261 e. The number of carbonyl (C=O) groups is 3. The van der Waals surface area contributed by atoms with Gasteiger partial charge in [-0.1, -0.05) is 67.6 Å². The van der Waals surface area contributed by atoms with Gasteiger partial charge in [0.1, 0.15) is 0 Å². The summed E-state index contributed by atoms with van der Waals surface area (Å²) in [6.07, 6.45) is 8.08. The molecule has 0 aliphatic carbocycles. The zero-order chi connectivity index (χ0) is 19.9. The van der Waals surface area contributed by atoms with Crippen LogP contribution in [0, 0.1) is 5.92 Å². The lowest BCUT2D eigenvalue weighted by Gasteiger charge is -2.16. The van der Waals surface area contributed by atoms with E-state index in [4.69, 9.17) is 0 Å². The Morgan fingerprint density at radius 2 is 1.54 bits per heavy atom. The Hall–Kier alpha value is -3.27. The van der Waals surface area contributed by atoms with Crippen molar-refractivity contribution >= 4 is 23.7 Å². The molecule has 3 rings (SSSR count). The zero-order valence-corrected chi connectivity index (χ0v) is 15.9. The first kappa shape index (κ1) is 19.5. The van der Waals surface area contributed by atoms with E-state index in [1.807, 2.05) is 49.4 Å². The molecule has 1 atom stereocenters. The van der Waals surface area contributed by atoms with E-state index in [0.29, 0.717) is 30.5 Å². The average molecular weight is 373 g/mol. The highest BCUT2D eigenvalue weighted by atomic mass is 16.2. The second kappa shape index (κ2) is 9.09. The number of carbonyl (C=O) groups excluding carboxylic acids is 3. The van der Waals surface area contributed by atoms with Gasteiger partial charge >= 0.3 is 0 Å². The largest absolute Gasteiger partial charge is 0.295 e. The molecule has 142 valence electrons.